The summed E-state index contributed by atoms with van der Waals surface area (Å²) < 4.78 is 38.7. The number of benzene rings is 1. The third-order valence-corrected chi connectivity index (χ3v) is 12.4. The number of hydrogen-bond acceptors (Lipinski definition) is 12. The number of aliphatic hydroxyl groups excluding tert-OH is 1. The quantitative estimate of drug-likeness (QED) is 0.296. The number of esters is 1. The SMILES string of the molecule is CC[C@H]1OC(=O)[C@H](C)[C@H]2OCC(NC(=O)NCc3ccccc3)CO[C@](C)(C[C@@H](C)C(=O)[C@H](C)[C@H]3NC(=O)O[C@@]31C)[C@H](O[C@@H]1O[C@H](C)C[C@H](N(C)C)[C@H]1O)[C@H]2C. The second-order valence-electron chi connectivity index (χ2n) is 17.0. The zero-order valence-corrected chi connectivity index (χ0v) is 34.6. The van der Waals surface area contributed by atoms with E-state index >= 15 is 0 Å². The van der Waals surface area contributed by atoms with Gasteiger partial charge in [0.2, 0.25) is 0 Å². The van der Waals surface area contributed by atoms with Crippen molar-refractivity contribution in [2.24, 2.45) is 23.7 Å². The molecule has 2 bridgehead atoms. The molecule has 1 aromatic carbocycles. The molecule has 5 rings (SSSR count). The standard InChI is InChI=1S/C41H64N4O11/c1-11-30-41(8)34(44-39(50)56-41)24(4)31(46)22(2)18-40(7)35(55-37-32(47)29(45(9)10)17-23(3)53-37)25(5)33(26(6)36(48)54-30)51-20-28(21-52-40)43-38(49)42-19-27-15-13-12-14-16-27/h12-16,22-26,28-30,32-35,37,47H,11,17-21H2,1-10H3,(H,44,50)(H2,42,43,49)/t22-,23-,24+,25+,26-,28?,29+,30-,32-,33+,34-,35-,37+,40-,41-/m1/s1. The second-order valence-corrected chi connectivity index (χ2v) is 17.0. The van der Waals surface area contributed by atoms with Crippen molar-refractivity contribution in [3.63, 3.8) is 0 Å². The molecular formula is C41H64N4O11. The molecule has 15 nitrogen and oxygen atoms in total. The van der Waals surface area contributed by atoms with E-state index in [1.165, 1.54) is 0 Å². The van der Waals surface area contributed by atoms with Gasteiger partial charge in [-0.1, -0.05) is 58.0 Å². The first kappa shape index (κ1) is 43.8. The van der Waals surface area contributed by atoms with Gasteiger partial charge < -0.3 is 54.4 Å². The summed E-state index contributed by atoms with van der Waals surface area (Å²) in [6, 6.07) is 7.34. The maximum atomic E-state index is 14.5. The Kier molecular flexibility index (Phi) is 14.1. The lowest BCUT2D eigenvalue weighted by atomic mass is 9.73. The van der Waals surface area contributed by atoms with Crippen molar-refractivity contribution in [1.82, 2.24) is 20.9 Å². The highest BCUT2D eigenvalue weighted by molar-refractivity contribution is 5.85. The first-order valence-electron chi connectivity index (χ1n) is 20.1. The van der Waals surface area contributed by atoms with E-state index in [4.69, 9.17) is 28.4 Å². The maximum Gasteiger partial charge on any atom is 0.408 e. The third-order valence-electron chi connectivity index (χ3n) is 12.4. The predicted octanol–water partition coefficient (Wildman–Crippen LogP) is 3.55. The number of rotatable bonds is 7. The molecule has 4 heterocycles. The Hall–Kier alpha value is -3.34. The maximum absolute atomic E-state index is 14.5. The molecule has 1 unspecified atom stereocenters. The molecule has 4 N–H and O–H groups in total. The number of amides is 3. The summed E-state index contributed by atoms with van der Waals surface area (Å²) in [5.41, 5.74) is -1.68. The number of fused-ring (bicyclic) bond motifs is 4. The molecule has 1 aromatic rings. The van der Waals surface area contributed by atoms with Gasteiger partial charge in [-0.15, -0.1) is 0 Å². The van der Waals surface area contributed by atoms with Crippen LogP contribution >= 0.6 is 0 Å². The van der Waals surface area contributed by atoms with Crippen LogP contribution in [0.1, 0.15) is 80.2 Å². The monoisotopic (exact) mass is 788 g/mol. The first-order chi connectivity index (χ1) is 26.4. The normalized spacial score (nSPS) is 41.2. The summed E-state index contributed by atoms with van der Waals surface area (Å²) in [7, 11) is 3.79. The summed E-state index contributed by atoms with van der Waals surface area (Å²) in [5.74, 6) is -3.64. The number of nitrogens with zero attached hydrogens (tertiary/aromatic N) is 1. The van der Waals surface area contributed by atoms with Crippen LogP contribution in [0.4, 0.5) is 9.59 Å². The number of aliphatic hydroxyl groups is 1. The van der Waals surface area contributed by atoms with E-state index in [9.17, 15) is 24.3 Å². The van der Waals surface area contributed by atoms with Gasteiger partial charge in [0.05, 0.1) is 55.1 Å². The zero-order chi connectivity index (χ0) is 41.1. The van der Waals surface area contributed by atoms with Crippen molar-refractivity contribution in [2.45, 2.75) is 147 Å². The Morgan fingerprint density at radius 3 is 2.39 bits per heavy atom. The fourth-order valence-corrected chi connectivity index (χ4v) is 9.23. The number of likely N-dealkylation sites (N-methyl/N-ethyl adjacent to an activating group) is 1. The molecule has 4 aliphatic rings. The van der Waals surface area contributed by atoms with E-state index in [1.807, 2.05) is 83.9 Å². The number of ether oxygens (including phenoxy) is 6. The minimum Gasteiger partial charge on any atom is -0.458 e. The Morgan fingerprint density at radius 1 is 1.04 bits per heavy atom. The number of hydrogen-bond donors (Lipinski definition) is 4. The van der Waals surface area contributed by atoms with E-state index in [2.05, 4.69) is 16.0 Å². The molecule has 56 heavy (non-hydrogen) atoms. The molecule has 314 valence electrons. The van der Waals surface area contributed by atoms with E-state index in [1.54, 1.807) is 20.8 Å². The number of ketones is 1. The highest BCUT2D eigenvalue weighted by Crippen LogP contribution is 2.42. The summed E-state index contributed by atoms with van der Waals surface area (Å²) in [4.78, 5) is 56.8. The molecule has 3 amide bonds. The smallest absolute Gasteiger partial charge is 0.408 e. The molecule has 0 aliphatic carbocycles. The van der Waals surface area contributed by atoms with Crippen molar-refractivity contribution in [3.05, 3.63) is 35.9 Å². The number of cyclic esters (lactones) is 1. The summed E-state index contributed by atoms with van der Waals surface area (Å²) in [5, 5.41) is 20.3. The summed E-state index contributed by atoms with van der Waals surface area (Å²) in [6.45, 7) is 14.7. The fourth-order valence-electron chi connectivity index (χ4n) is 9.23. The Bertz CT molecular complexity index is 1530. The molecule has 0 spiro atoms. The van der Waals surface area contributed by atoms with E-state index in [0.717, 1.165) is 5.56 Å². The summed E-state index contributed by atoms with van der Waals surface area (Å²) >= 11 is 0. The van der Waals surface area contributed by atoms with E-state index < -0.39 is 95.8 Å². The van der Waals surface area contributed by atoms with Gasteiger partial charge in [-0.05, 0) is 66.6 Å². The number of Topliss-reactive ketones (excluding diaryl/α,β-unsaturated/α-hetero) is 1. The van der Waals surface area contributed by atoms with Crippen LogP contribution in [-0.2, 0) is 44.6 Å². The Morgan fingerprint density at radius 2 is 1.73 bits per heavy atom. The van der Waals surface area contributed by atoms with Gasteiger partial charge >= 0.3 is 18.1 Å². The van der Waals surface area contributed by atoms with Crippen LogP contribution in [-0.4, -0.2) is 127 Å². The van der Waals surface area contributed by atoms with Crippen LogP contribution in [0.25, 0.3) is 0 Å². The molecule has 4 saturated heterocycles. The number of nitrogens with one attached hydrogen (secondary N) is 3. The lowest BCUT2D eigenvalue weighted by molar-refractivity contribution is -0.302. The number of alkyl carbamates (subject to hydrolysis) is 1. The van der Waals surface area contributed by atoms with Gasteiger partial charge in [-0.3, -0.25) is 9.59 Å². The van der Waals surface area contributed by atoms with Crippen molar-refractivity contribution < 1.29 is 52.7 Å². The topological polar surface area (TPSA) is 183 Å². The van der Waals surface area contributed by atoms with Crippen LogP contribution in [0.15, 0.2) is 30.3 Å². The predicted molar refractivity (Wildman–Crippen MR) is 205 cm³/mol. The second kappa shape index (κ2) is 18.1. The zero-order valence-electron chi connectivity index (χ0n) is 34.6. The average Bonchev–Trinajstić information content (AvgIpc) is 3.49. The Labute approximate surface area is 331 Å². The van der Waals surface area contributed by atoms with Gasteiger partial charge in [0.25, 0.3) is 0 Å². The van der Waals surface area contributed by atoms with Crippen molar-refractivity contribution >= 4 is 23.9 Å². The van der Waals surface area contributed by atoms with E-state index in [0.29, 0.717) is 19.4 Å². The summed E-state index contributed by atoms with van der Waals surface area (Å²) in [6.07, 6.45) is -4.68. The van der Waals surface area contributed by atoms with Gasteiger partial charge in [0, 0.05) is 30.3 Å². The van der Waals surface area contributed by atoms with Gasteiger partial charge in [0.15, 0.2) is 11.9 Å². The van der Waals surface area contributed by atoms with Crippen molar-refractivity contribution in [3.8, 4) is 0 Å². The van der Waals surface area contributed by atoms with Gasteiger partial charge in [-0.2, -0.15) is 0 Å². The lowest BCUT2D eigenvalue weighted by Gasteiger charge is -2.48. The molecule has 4 fully saturated rings. The molecule has 4 aliphatic heterocycles. The molecule has 15 heteroatoms. The minimum atomic E-state index is -1.34. The number of carbonyl (C=O) groups excluding carboxylic acids is 4. The third kappa shape index (κ3) is 9.50. The van der Waals surface area contributed by atoms with Gasteiger partial charge in [-0.25, -0.2) is 9.59 Å². The molecule has 0 saturated carbocycles. The highest BCUT2D eigenvalue weighted by atomic mass is 16.7. The minimum absolute atomic E-state index is 0.0273. The van der Waals surface area contributed by atoms with E-state index in [-0.39, 0.29) is 37.6 Å². The highest BCUT2D eigenvalue weighted by Gasteiger charge is 2.57. The number of carbonyl (C=O) groups is 4. The molecule has 0 aromatic heterocycles. The lowest BCUT2D eigenvalue weighted by Crippen LogP contribution is -2.60. The van der Waals surface area contributed by atoms with Crippen LogP contribution in [0, 0.1) is 23.7 Å². The largest absolute Gasteiger partial charge is 0.458 e. The van der Waals surface area contributed by atoms with Crippen LogP contribution in [0.5, 0.6) is 0 Å². The average molecular weight is 789 g/mol. The number of urea groups is 1. The first-order valence-corrected chi connectivity index (χ1v) is 20.1. The van der Waals surface area contributed by atoms with Crippen LogP contribution in [0.2, 0.25) is 0 Å². The van der Waals surface area contributed by atoms with Gasteiger partial charge in [0.1, 0.15) is 18.0 Å². The van der Waals surface area contributed by atoms with Crippen LogP contribution in [0.3, 0.4) is 0 Å². The van der Waals surface area contributed by atoms with Crippen molar-refractivity contribution in [1.29, 1.82) is 0 Å². The van der Waals surface area contributed by atoms with Crippen molar-refractivity contribution in [2.75, 3.05) is 27.3 Å². The Balaban J connectivity index is 1.56. The molecular weight excluding hydrogens is 724 g/mol. The van der Waals surface area contributed by atoms with Crippen LogP contribution < -0.4 is 16.0 Å². The molecule has 0 radical (unpaired) electrons. The molecule has 15 atom stereocenters. The fraction of sp³-hybridized carbons (Fsp3) is 0.756.